The molecule has 0 aliphatic carbocycles. The summed E-state index contributed by atoms with van der Waals surface area (Å²) in [7, 11) is -3.48. The number of hydrogen-bond acceptors (Lipinski definition) is 4. The zero-order chi connectivity index (χ0) is 14.8. The van der Waals surface area contributed by atoms with Gasteiger partial charge < -0.3 is 0 Å². The number of nitrogens with one attached hydrogen (secondary N) is 2. The molecule has 0 spiro atoms. The Labute approximate surface area is 118 Å². The van der Waals surface area contributed by atoms with Crippen LogP contribution >= 0.6 is 0 Å². The van der Waals surface area contributed by atoms with Crippen molar-refractivity contribution in [2.45, 2.75) is 38.6 Å². The van der Waals surface area contributed by atoms with Gasteiger partial charge in [-0.25, -0.2) is 13.1 Å². The summed E-state index contributed by atoms with van der Waals surface area (Å²) in [6.07, 6.45) is 2.00. The van der Waals surface area contributed by atoms with Gasteiger partial charge in [-0.2, -0.15) is 10.2 Å². The highest BCUT2D eigenvalue weighted by Gasteiger charge is 2.17. The Bertz CT molecular complexity index is 687. The second-order valence-electron chi connectivity index (χ2n) is 4.76. The van der Waals surface area contributed by atoms with Crippen molar-refractivity contribution in [3.05, 3.63) is 29.3 Å². The molecule has 0 radical (unpaired) electrons. The number of rotatable bonds is 6. The quantitative estimate of drug-likeness (QED) is 0.775. The van der Waals surface area contributed by atoms with Gasteiger partial charge in [0.1, 0.15) is 4.90 Å². The first-order valence-corrected chi connectivity index (χ1v) is 7.89. The minimum Gasteiger partial charge on any atom is -0.281 e. The van der Waals surface area contributed by atoms with Crippen LogP contribution in [0.1, 0.15) is 23.5 Å². The predicted octanol–water partition coefficient (Wildman–Crippen LogP) is 0.900. The third kappa shape index (κ3) is 3.26. The molecule has 20 heavy (non-hydrogen) atoms. The van der Waals surface area contributed by atoms with Crippen LogP contribution in [-0.2, 0) is 16.6 Å². The molecule has 0 bridgehead atoms. The molecule has 7 nitrogen and oxygen atoms in total. The lowest BCUT2D eigenvalue weighted by Crippen LogP contribution is -2.26. The van der Waals surface area contributed by atoms with E-state index in [0.717, 1.165) is 11.4 Å². The second-order valence-corrected chi connectivity index (χ2v) is 6.50. The summed E-state index contributed by atoms with van der Waals surface area (Å²) in [4.78, 5) is 0.198. The normalized spacial score (nSPS) is 11.9. The van der Waals surface area contributed by atoms with Crippen LogP contribution in [0.3, 0.4) is 0 Å². The van der Waals surface area contributed by atoms with E-state index in [2.05, 4.69) is 20.0 Å². The fourth-order valence-corrected chi connectivity index (χ4v) is 3.23. The van der Waals surface area contributed by atoms with Crippen LogP contribution in [0.5, 0.6) is 0 Å². The molecule has 8 heteroatoms. The highest BCUT2D eigenvalue weighted by Crippen LogP contribution is 2.10. The molecule has 2 N–H and O–H groups in total. The van der Waals surface area contributed by atoms with E-state index in [0.29, 0.717) is 25.2 Å². The van der Waals surface area contributed by atoms with Crippen molar-refractivity contribution in [1.82, 2.24) is 24.7 Å². The van der Waals surface area contributed by atoms with Gasteiger partial charge in [-0.3, -0.25) is 9.78 Å². The second kappa shape index (κ2) is 5.76. The lowest BCUT2D eigenvalue weighted by atomic mass is 10.4. The molecule has 0 unspecified atom stereocenters. The van der Waals surface area contributed by atoms with Crippen LogP contribution in [0.15, 0.2) is 17.2 Å². The minimum absolute atomic E-state index is 0.198. The molecule has 0 amide bonds. The first-order chi connectivity index (χ1) is 9.40. The van der Waals surface area contributed by atoms with Crippen LogP contribution in [0.4, 0.5) is 0 Å². The fourth-order valence-electron chi connectivity index (χ4n) is 2.02. The van der Waals surface area contributed by atoms with Gasteiger partial charge in [0.2, 0.25) is 10.0 Å². The van der Waals surface area contributed by atoms with E-state index in [4.69, 9.17) is 0 Å². The molecular weight excluding hydrogens is 278 g/mol. The maximum Gasteiger partial charge on any atom is 0.243 e. The lowest BCUT2D eigenvalue weighted by Gasteiger charge is -2.07. The van der Waals surface area contributed by atoms with E-state index in [1.807, 2.05) is 24.6 Å². The Hall–Kier alpha value is -1.67. The average Bonchev–Trinajstić information content (AvgIpc) is 2.91. The van der Waals surface area contributed by atoms with Crippen molar-refractivity contribution < 1.29 is 8.42 Å². The Morgan fingerprint density at radius 2 is 2.10 bits per heavy atom. The van der Waals surface area contributed by atoms with E-state index >= 15 is 0 Å². The molecule has 2 heterocycles. The van der Waals surface area contributed by atoms with E-state index in [1.54, 1.807) is 6.92 Å². The Balaban J connectivity index is 1.87. The van der Waals surface area contributed by atoms with Crippen LogP contribution in [0.25, 0.3) is 0 Å². The van der Waals surface area contributed by atoms with E-state index in [1.165, 1.54) is 6.20 Å². The first-order valence-electron chi connectivity index (χ1n) is 6.41. The molecule has 0 saturated heterocycles. The fraction of sp³-hybridized carbons (Fsp3) is 0.500. The number of H-pyrrole nitrogens is 1. The van der Waals surface area contributed by atoms with Crippen molar-refractivity contribution in [2.75, 3.05) is 6.54 Å². The van der Waals surface area contributed by atoms with E-state index in [9.17, 15) is 8.42 Å². The van der Waals surface area contributed by atoms with E-state index in [-0.39, 0.29) is 4.90 Å². The molecule has 0 aliphatic rings. The lowest BCUT2D eigenvalue weighted by molar-refractivity contribution is 0.544. The number of aromatic nitrogens is 4. The van der Waals surface area contributed by atoms with Crippen molar-refractivity contribution in [1.29, 1.82) is 0 Å². The van der Waals surface area contributed by atoms with Gasteiger partial charge in [0.05, 0.1) is 17.6 Å². The number of aryl methyl sites for hydroxylation is 4. The summed E-state index contributed by atoms with van der Waals surface area (Å²) in [5.74, 6) is 0. The Morgan fingerprint density at radius 1 is 1.35 bits per heavy atom. The van der Waals surface area contributed by atoms with Crippen LogP contribution < -0.4 is 4.72 Å². The maximum absolute atomic E-state index is 12.0. The molecule has 0 atom stereocenters. The monoisotopic (exact) mass is 297 g/mol. The number of nitrogens with zero attached hydrogens (tertiary/aromatic N) is 3. The SMILES string of the molecule is Cc1cc(C)n(CCCNS(=O)(=O)c2cn[nH]c2C)n1. The number of sulfonamides is 1. The number of hydrogen-bond donors (Lipinski definition) is 2. The topological polar surface area (TPSA) is 92.7 Å². The third-order valence-electron chi connectivity index (χ3n) is 3.02. The van der Waals surface area contributed by atoms with Crippen molar-refractivity contribution >= 4 is 10.0 Å². The van der Waals surface area contributed by atoms with Crippen molar-refractivity contribution in [3.8, 4) is 0 Å². The molecular formula is C12H19N5O2S. The van der Waals surface area contributed by atoms with Gasteiger partial charge in [-0.1, -0.05) is 0 Å². The average molecular weight is 297 g/mol. The molecule has 0 saturated carbocycles. The van der Waals surface area contributed by atoms with Crippen LogP contribution in [-0.4, -0.2) is 34.9 Å². The molecule has 110 valence electrons. The molecule has 0 aliphatic heterocycles. The Kier molecular flexibility index (Phi) is 4.24. The van der Waals surface area contributed by atoms with Crippen LogP contribution in [0.2, 0.25) is 0 Å². The molecule has 0 fully saturated rings. The summed E-state index contributed by atoms with van der Waals surface area (Å²) >= 11 is 0. The summed E-state index contributed by atoms with van der Waals surface area (Å²) in [5, 5.41) is 10.7. The summed E-state index contributed by atoms with van der Waals surface area (Å²) < 4.78 is 28.5. The van der Waals surface area contributed by atoms with E-state index < -0.39 is 10.0 Å². The summed E-state index contributed by atoms with van der Waals surface area (Å²) in [5.41, 5.74) is 2.59. The zero-order valence-corrected chi connectivity index (χ0v) is 12.7. The standard InChI is InChI=1S/C12H19N5O2S/c1-9-7-10(2)17(16-9)6-4-5-14-20(18,19)12-8-13-15-11(12)3/h7-8,14H,4-6H2,1-3H3,(H,13,15). The molecule has 2 rings (SSSR count). The predicted molar refractivity (Wildman–Crippen MR) is 74.8 cm³/mol. The molecule has 2 aromatic heterocycles. The summed E-state index contributed by atoms with van der Waals surface area (Å²) in [6.45, 7) is 6.65. The first kappa shape index (κ1) is 14.7. The van der Waals surface area contributed by atoms with Crippen molar-refractivity contribution in [2.24, 2.45) is 0 Å². The number of aromatic amines is 1. The highest BCUT2D eigenvalue weighted by atomic mass is 32.2. The minimum atomic E-state index is -3.48. The Morgan fingerprint density at radius 3 is 2.65 bits per heavy atom. The van der Waals surface area contributed by atoms with Gasteiger partial charge in [0.25, 0.3) is 0 Å². The third-order valence-corrected chi connectivity index (χ3v) is 4.59. The van der Waals surface area contributed by atoms with Gasteiger partial charge in [-0.15, -0.1) is 0 Å². The maximum atomic E-state index is 12.0. The summed E-state index contributed by atoms with van der Waals surface area (Å²) in [6, 6.07) is 2.00. The van der Waals surface area contributed by atoms with Gasteiger partial charge >= 0.3 is 0 Å². The largest absolute Gasteiger partial charge is 0.281 e. The zero-order valence-electron chi connectivity index (χ0n) is 11.8. The molecule has 0 aromatic carbocycles. The van der Waals surface area contributed by atoms with Crippen LogP contribution in [0, 0.1) is 20.8 Å². The van der Waals surface area contributed by atoms with Gasteiger partial charge in [-0.05, 0) is 33.3 Å². The van der Waals surface area contributed by atoms with Gasteiger partial charge in [0.15, 0.2) is 0 Å². The van der Waals surface area contributed by atoms with Crippen molar-refractivity contribution in [3.63, 3.8) is 0 Å². The smallest absolute Gasteiger partial charge is 0.243 e. The van der Waals surface area contributed by atoms with Gasteiger partial charge in [0, 0.05) is 18.8 Å². The molecule has 2 aromatic rings. The highest BCUT2D eigenvalue weighted by molar-refractivity contribution is 7.89.